The highest BCUT2D eigenvalue weighted by Crippen LogP contribution is 2.40. The molecular formula is C56H92N3+. The van der Waals surface area contributed by atoms with E-state index in [0.717, 1.165) is 51.3 Å². The maximum atomic E-state index is 4.71. The Kier molecular flexibility index (Phi) is 30.0. The van der Waals surface area contributed by atoms with Crippen molar-refractivity contribution >= 4 is 22.7 Å². The summed E-state index contributed by atoms with van der Waals surface area (Å²) in [4.78, 5) is 4.76. The van der Waals surface area contributed by atoms with Gasteiger partial charge in [-0.15, -0.1) is 0 Å². The zero-order valence-electron chi connectivity index (χ0n) is 40.8. The molecular weight excluding hydrogens is 715 g/mol. The van der Waals surface area contributed by atoms with Crippen LogP contribution in [-0.2, 0) is 0 Å². The standard InChI is InChI=1S/C52H80N3.2C2H6/c1-10-16-17-18-19-20-21-22-23-24-25-26-27-28-29-32-40-53(9)44(8)49-34-30-31-35-51(49)52(48-38-36-46(41-43(48)7)54(12-3)13-4)50-39-37-47(55(14-5)15-6)42-45(50)33-11-2;2*1-2/h29-32,34-39,41-42H,8,10-28,33,40H2,1-7,9H3;2*1-2H3/q+1;;/b32-29+;;. The van der Waals surface area contributed by atoms with Crippen LogP contribution in [0.3, 0.4) is 0 Å². The average molecular weight is 807 g/mol. The molecule has 0 bridgehead atoms. The van der Waals surface area contributed by atoms with Gasteiger partial charge in [0.15, 0.2) is 5.71 Å². The van der Waals surface area contributed by atoms with Crippen LogP contribution in [0.5, 0.6) is 0 Å². The van der Waals surface area contributed by atoms with Gasteiger partial charge in [0, 0.05) is 55.8 Å². The first-order valence-corrected chi connectivity index (χ1v) is 24.6. The number of unbranched alkanes of at least 4 members (excludes halogenated alkanes) is 13. The highest BCUT2D eigenvalue weighted by Gasteiger charge is 2.24. The maximum Gasteiger partial charge on any atom is 0.200 e. The van der Waals surface area contributed by atoms with E-state index in [1.54, 1.807) is 0 Å². The van der Waals surface area contributed by atoms with Crippen LogP contribution in [0.25, 0.3) is 11.3 Å². The largest absolute Gasteiger partial charge is 0.372 e. The zero-order valence-corrected chi connectivity index (χ0v) is 40.8. The second kappa shape index (κ2) is 33.2. The number of anilines is 1. The van der Waals surface area contributed by atoms with Crippen molar-refractivity contribution < 1.29 is 4.58 Å². The lowest BCUT2D eigenvalue weighted by atomic mass is 9.82. The van der Waals surface area contributed by atoms with E-state index in [-0.39, 0.29) is 0 Å². The van der Waals surface area contributed by atoms with E-state index < -0.39 is 0 Å². The summed E-state index contributed by atoms with van der Waals surface area (Å²) in [5, 5.41) is 0. The van der Waals surface area contributed by atoms with Crippen LogP contribution in [-0.4, -0.2) is 55.0 Å². The number of hydrogen-bond donors (Lipinski definition) is 0. The van der Waals surface area contributed by atoms with E-state index in [1.165, 1.54) is 140 Å². The van der Waals surface area contributed by atoms with E-state index in [1.807, 2.05) is 27.7 Å². The summed E-state index contributed by atoms with van der Waals surface area (Å²) < 4.78 is 2.46. The summed E-state index contributed by atoms with van der Waals surface area (Å²) in [6.45, 7) is 33.5. The van der Waals surface area contributed by atoms with Gasteiger partial charge >= 0.3 is 0 Å². The predicted octanol–water partition coefficient (Wildman–Crippen LogP) is 16.4. The molecule has 0 spiro atoms. The first-order chi connectivity index (χ1) is 28.8. The smallest absolute Gasteiger partial charge is 0.200 e. The Morgan fingerprint density at radius 1 is 0.644 bits per heavy atom. The molecule has 59 heavy (non-hydrogen) atoms. The molecule has 3 heteroatoms. The minimum absolute atomic E-state index is 0.859. The van der Waals surface area contributed by atoms with Gasteiger partial charge in [-0.1, -0.05) is 174 Å². The van der Waals surface area contributed by atoms with E-state index in [9.17, 15) is 0 Å². The second-order valence-corrected chi connectivity index (χ2v) is 15.7. The van der Waals surface area contributed by atoms with Crippen molar-refractivity contribution in [2.24, 2.45) is 0 Å². The Morgan fingerprint density at radius 2 is 1.20 bits per heavy atom. The van der Waals surface area contributed by atoms with Crippen molar-refractivity contribution in [2.75, 3.05) is 44.7 Å². The van der Waals surface area contributed by atoms with Gasteiger partial charge in [-0.3, -0.25) is 0 Å². The predicted molar refractivity (Wildman–Crippen MR) is 269 cm³/mol. The zero-order chi connectivity index (χ0) is 43.8. The number of hydrogen-bond acceptors (Lipinski definition) is 2. The first kappa shape index (κ1) is 53.4. The van der Waals surface area contributed by atoms with Gasteiger partial charge in [0.05, 0.1) is 0 Å². The fourth-order valence-corrected chi connectivity index (χ4v) is 8.13. The van der Waals surface area contributed by atoms with Crippen LogP contribution in [0.2, 0.25) is 0 Å². The van der Waals surface area contributed by atoms with Gasteiger partial charge in [0.1, 0.15) is 13.1 Å². The van der Waals surface area contributed by atoms with Crippen LogP contribution in [0, 0.1) is 6.92 Å². The third kappa shape index (κ3) is 18.3. The summed E-state index contributed by atoms with van der Waals surface area (Å²) in [6.07, 6.45) is 33.5. The number of benzene rings is 2. The molecule has 0 N–H and O–H groups in total. The van der Waals surface area contributed by atoms with E-state index in [0.29, 0.717) is 0 Å². The molecule has 0 unspecified atom stereocenters. The monoisotopic (exact) mass is 807 g/mol. The molecule has 0 saturated heterocycles. The normalized spacial score (nSPS) is 13.0. The summed E-state index contributed by atoms with van der Waals surface area (Å²) in [7, 11) is 2.19. The average Bonchev–Trinajstić information content (AvgIpc) is 3.27. The maximum absolute atomic E-state index is 4.71. The quantitative estimate of drug-likeness (QED) is 0.0505. The van der Waals surface area contributed by atoms with Crippen molar-refractivity contribution in [1.82, 2.24) is 4.90 Å². The Hall–Kier alpha value is -3.59. The summed E-state index contributed by atoms with van der Waals surface area (Å²) in [5.74, 6) is 0. The summed E-state index contributed by atoms with van der Waals surface area (Å²) in [6, 6.07) is 16.0. The van der Waals surface area contributed by atoms with Gasteiger partial charge in [-0.05, 0) is 105 Å². The molecule has 1 aliphatic rings. The van der Waals surface area contributed by atoms with Gasteiger partial charge in [0.2, 0.25) is 0 Å². The third-order valence-electron chi connectivity index (χ3n) is 11.6. The fourth-order valence-electron chi connectivity index (χ4n) is 8.13. The van der Waals surface area contributed by atoms with Gasteiger partial charge in [-0.2, -0.15) is 0 Å². The Bertz CT molecular complexity index is 1590. The highest BCUT2D eigenvalue weighted by atomic mass is 15.1. The lowest BCUT2D eigenvalue weighted by molar-refractivity contribution is -0.519. The Morgan fingerprint density at radius 3 is 1.73 bits per heavy atom. The molecule has 0 aromatic heterocycles. The minimum atomic E-state index is 0.859. The second-order valence-electron chi connectivity index (χ2n) is 15.7. The molecule has 0 heterocycles. The Labute approximate surface area is 367 Å². The van der Waals surface area contributed by atoms with Crippen LogP contribution < -0.4 is 4.90 Å². The molecule has 0 aliphatic heterocycles. The van der Waals surface area contributed by atoms with Crippen molar-refractivity contribution in [1.29, 1.82) is 0 Å². The molecule has 2 aromatic carbocycles. The van der Waals surface area contributed by atoms with Crippen LogP contribution in [0.4, 0.5) is 5.69 Å². The number of rotatable bonds is 27. The highest BCUT2D eigenvalue weighted by molar-refractivity contribution is 6.05. The van der Waals surface area contributed by atoms with Crippen LogP contribution in [0.1, 0.15) is 194 Å². The molecule has 0 fully saturated rings. The summed E-state index contributed by atoms with van der Waals surface area (Å²) in [5.41, 5.74) is 12.8. The molecule has 0 saturated carbocycles. The molecule has 330 valence electrons. The van der Waals surface area contributed by atoms with Crippen molar-refractivity contribution in [3.05, 3.63) is 113 Å². The topological polar surface area (TPSA) is 9.49 Å². The van der Waals surface area contributed by atoms with Crippen LogP contribution >= 0.6 is 0 Å². The summed E-state index contributed by atoms with van der Waals surface area (Å²) >= 11 is 0. The van der Waals surface area contributed by atoms with Gasteiger partial charge < -0.3 is 9.80 Å². The van der Waals surface area contributed by atoms with Crippen molar-refractivity contribution in [2.45, 2.75) is 179 Å². The van der Waals surface area contributed by atoms with Crippen molar-refractivity contribution in [3.8, 4) is 0 Å². The van der Waals surface area contributed by atoms with Gasteiger partial charge in [-0.25, -0.2) is 4.58 Å². The third-order valence-corrected chi connectivity index (χ3v) is 11.6. The fraction of sp³-hybridized carbons (Fsp3) is 0.589. The molecule has 3 nitrogen and oxygen atoms in total. The molecule has 2 aromatic rings. The molecule has 3 rings (SSSR count). The lowest BCUT2D eigenvalue weighted by Crippen LogP contribution is -2.22. The van der Waals surface area contributed by atoms with Crippen molar-refractivity contribution in [3.63, 3.8) is 0 Å². The minimum Gasteiger partial charge on any atom is -0.372 e. The van der Waals surface area contributed by atoms with E-state index in [2.05, 4.69) is 143 Å². The van der Waals surface area contributed by atoms with E-state index >= 15 is 0 Å². The number of allylic oxidation sites excluding steroid dienone is 6. The lowest BCUT2D eigenvalue weighted by Gasteiger charge is -2.27. The number of aryl methyl sites for hydroxylation is 1. The Balaban J connectivity index is 0.00000421. The molecule has 0 amide bonds. The number of nitrogens with zero attached hydrogens (tertiary/aromatic N) is 3. The number of likely N-dealkylation sites (N-methyl/N-ethyl adjacent to an activating group) is 1. The SMILES string of the molecule is C=C(c1ccccc1/C(=C1\C=CC(=[N+](CC)CC)C=C1CCC)c1ccc(N(CC)CC)cc1C)N(C)C/C=C/CCCCCCCCCCCCCCC.CC.CC. The first-order valence-electron chi connectivity index (χ1n) is 24.6. The van der Waals surface area contributed by atoms with Gasteiger partial charge in [0.25, 0.3) is 0 Å². The van der Waals surface area contributed by atoms with E-state index in [4.69, 9.17) is 6.58 Å². The van der Waals surface area contributed by atoms with Crippen LogP contribution in [0.15, 0.2) is 90.6 Å². The molecule has 1 aliphatic carbocycles. The molecule has 0 radical (unpaired) electrons. The molecule has 0 atom stereocenters.